The molecule has 1 nitrogen and oxygen atoms in total. The van der Waals surface area contributed by atoms with Gasteiger partial charge in [-0.1, -0.05) is 58.3 Å². The van der Waals surface area contributed by atoms with E-state index >= 15 is 0 Å². The van der Waals surface area contributed by atoms with E-state index < -0.39 is 0 Å². The van der Waals surface area contributed by atoms with Gasteiger partial charge in [-0.2, -0.15) is 0 Å². The first-order chi connectivity index (χ1) is 6.80. The van der Waals surface area contributed by atoms with Gasteiger partial charge in [0, 0.05) is 6.04 Å². The summed E-state index contributed by atoms with van der Waals surface area (Å²) in [5.74, 6) is 0.745. The molecule has 1 rings (SSSR count). The van der Waals surface area contributed by atoms with Crippen molar-refractivity contribution in [2.45, 2.75) is 77.2 Å². The van der Waals surface area contributed by atoms with Crippen LogP contribution in [0.25, 0.3) is 0 Å². The van der Waals surface area contributed by atoms with Crippen molar-refractivity contribution in [2.75, 3.05) is 0 Å². The summed E-state index contributed by atoms with van der Waals surface area (Å²) in [5.41, 5.74) is 6.16. The lowest BCUT2D eigenvalue weighted by Crippen LogP contribution is -2.28. The van der Waals surface area contributed by atoms with E-state index in [0.29, 0.717) is 6.04 Å². The van der Waals surface area contributed by atoms with Crippen LogP contribution in [0.2, 0.25) is 0 Å². The van der Waals surface area contributed by atoms with Crippen LogP contribution in [-0.2, 0) is 0 Å². The molecule has 0 heterocycles. The molecule has 0 amide bonds. The molecule has 1 saturated carbocycles. The summed E-state index contributed by atoms with van der Waals surface area (Å²) in [5, 5.41) is 0. The number of hydrogen-bond acceptors (Lipinski definition) is 1. The Morgan fingerprint density at radius 2 is 1.14 bits per heavy atom. The normalized spacial score (nSPS) is 33.0. The van der Waals surface area contributed by atoms with Gasteiger partial charge in [0.25, 0.3) is 0 Å². The Morgan fingerprint density at radius 1 is 0.714 bits per heavy atom. The summed E-state index contributed by atoms with van der Waals surface area (Å²) < 4.78 is 0. The van der Waals surface area contributed by atoms with E-state index in [1.54, 1.807) is 0 Å². The van der Waals surface area contributed by atoms with Gasteiger partial charge in [0.2, 0.25) is 0 Å². The van der Waals surface area contributed by atoms with Crippen molar-refractivity contribution in [3.63, 3.8) is 0 Å². The number of hydrogen-bond donors (Lipinski definition) is 1. The lowest BCUT2D eigenvalue weighted by atomic mass is 9.91. The summed E-state index contributed by atoms with van der Waals surface area (Å²) in [6.45, 7) is 2.33. The third kappa shape index (κ3) is 4.99. The van der Waals surface area contributed by atoms with Gasteiger partial charge in [0.15, 0.2) is 0 Å². The number of nitrogens with two attached hydrogens (primary N) is 1. The first-order valence-corrected chi connectivity index (χ1v) is 6.56. The van der Waals surface area contributed by atoms with Crippen LogP contribution in [0.15, 0.2) is 0 Å². The average Bonchev–Trinajstić information content (AvgIpc) is 2.18. The molecular weight excluding hydrogens is 170 g/mol. The topological polar surface area (TPSA) is 26.0 Å². The van der Waals surface area contributed by atoms with Gasteiger partial charge in [0.1, 0.15) is 0 Å². The zero-order chi connectivity index (χ0) is 10.2. The van der Waals surface area contributed by atoms with Gasteiger partial charge >= 0.3 is 0 Å². The molecule has 1 fully saturated rings. The zero-order valence-electron chi connectivity index (χ0n) is 9.80. The second kappa shape index (κ2) is 7.28. The van der Waals surface area contributed by atoms with Crippen LogP contribution in [0, 0.1) is 5.92 Å². The monoisotopic (exact) mass is 197 g/mol. The standard InChI is InChI=1S/C13H27N/c1-12-10-8-6-4-2-3-5-7-9-11-13(12)14/h12-13H,2-11,14H2,1H3. The van der Waals surface area contributed by atoms with Crippen LogP contribution in [0.5, 0.6) is 0 Å². The molecule has 1 aliphatic carbocycles. The van der Waals surface area contributed by atoms with Crippen molar-refractivity contribution >= 4 is 0 Å². The van der Waals surface area contributed by atoms with E-state index in [-0.39, 0.29) is 0 Å². The van der Waals surface area contributed by atoms with Crippen LogP contribution >= 0.6 is 0 Å². The first-order valence-electron chi connectivity index (χ1n) is 6.56. The highest BCUT2D eigenvalue weighted by Crippen LogP contribution is 2.19. The molecule has 0 aromatic rings. The predicted octanol–water partition coefficient (Wildman–Crippen LogP) is 3.86. The summed E-state index contributed by atoms with van der Waals surface area (Å²) in [7, 11) is 0. The van der Waals surface area contributed by atoms with Gasteiger partial charge in [-0.05, 0) is 18.8 Å². The fourth-order valence-electron chi connectivity index (χ4n) is 2.41. The molecule has 2 unspecified atom stereocenters. The Labute approximate surface area is 89.5 Å². The molecule has 14 heavy (non-hydrogen) atoms. The molecule has 2 N–H and O–H groups in total. The van der Waals surface area contributed by atoms with Crippen molar-refractivity contribution in [3.8, 4) is 0 Å². The first kappa shape index (κ1) is 12.0. The van der Waals surface area contributed by atoms with Gasteiger partial charge in [-0.15, -0.1) is 0 Å². The molecule has 1 heteroatoms. The maximum atomic E-state index is 6.16. The minimum absolute atomic E-state index is 0.467. The highest BCUT2D eigenvalue weighted by Gasteiger charge is 2.12. The van der Waals surface area contributed by atoms with Gasteiger partial charge in [0.05, 0.1) is 0 Å². The Hall–Kier alpha value is -0.0400. The molecule has 0 bridgehead atoms. The zero-order valence-corrected chi connectivity index (χ0v) is 9.80. The Bertz CT molecular complexity index is 117. The SMILES string of the molecule is CC1CCCCCCCCCCC1N. The molecule has 0 aromatic carbocycles. The van der Waals surface area contributed by atoms with Crippen molar-refractivity contribution in [1.82, 2.24) is 0 Å². The molecule has 1 aliphatic rings. The van der Waals surface area contributed by atoms with E-state index in [1.807, 2.05) is 0 Å². The van der Waals surface area contributed by atoms with Crippen molar-refractivity contribution in [1.29, 1.82) is 0 Å². The van der Waals surface area contributed by atoms with Crippen LogP contribution < -0.4 is 5.73 Å². The summed E-state index contributed by atoms with van der Waals surface area (Å²) in [4.78, 5) is 0. The largest absolute Gasteiger partial charge is 0.327 e. The average molecular weight is 197 g/mol. The highest BCUT2D eigenvalue weighted by atomic mass is 14.6. The lowest BCUT2D eigenvalue weighted by molar-refractivity contribution is 0.370. The maximum absolute atomic E-state index is 6.16. The maximum Gasteiger partial charge on any atom is 0.00645 e. The molecular formula is C13H27N. The lowest BCUT2D eigenvalue weighted by Gasteiger charge is -2.20. The summed E-state index contributed by atoms with van der Waals surface area (Å²) >= 11 is 0. The Kier molecular flexibility index (Phi) is 6.25. The van der Waals surface area contributed by atoms with E-state index in [4.69, 9.17) is 5.73 Å². The molecule has 84 valence electrons. The summed E-state index contributed by atoms with van der Waals surface area (Å²) in [6, 6.07) is 0.467. The van der Waals surface area contributed by atoms with E-state index in [1.165, 1.54) is 64.2 Å². The quantitative estimate of drug-likeness (QED) is 0.627. The molecule has 0 aliphatic heterocycles. The van der Waals surface area contributed by atoms with Crippen LogP contribution in [0.1, 0.15) is 71.1 Å². The predicted molar refractivity (Wildman–Crippen MR) is 63.3 cm³/mol. The minimum Gasteiger partial charge on any atom is -0.327 e. The highest BCUT2D eigenvalue weighted by molar-refractivity contribution is 4.69. The van der Waals surface area contributed by atoms with Crippen LogP contribution in [0.3, 0.4) is 0 Å². The Balaban J connectivity index is 2.23. The molecule has 2 atom stereocenters. The van der Waals surface area contributed by atoms with Crippen LogP contribution in [-0.4, -0.2) is 6.04 Å². The fourth-order valence-corrected chi connectivity index (χ4v) is 2.41. The molecule has 0 saturated heterocycles. The molecule has 0 aromatic heterocycles. The molecule has 0 radical (unpaired) electrons. The van der Waals surface area contributed by atoms with Crippen molar-refractivity contribution in [2.24, 2.45) is 11.7 Å². The van der Waals surface area contributed by atoms with Crippen molar-refractivity contribution in [3.05, 3.63) is 0 Å². The van der Waals surface area contributed by atoms with Gasteiger partial charge in [-0.3, -0.25) is 0 Å². The summed E-state index contributed by atoms with van der Waals surface area (Å²) in [6.07, 6.45) is 14.0. The third-order valence-electron chi connectivity index (χ3n) is 3.68. The smallest absolute Gasteiger partial charge is 0.00645 e. The number of rotatable bonds is 0. The minimum atomic E-state index is 0.467. The third-order valence-corrected chi connectivity index (χ3v) is 3.68. The van der Waals surface area contributed by atoms with Gasteiger partial charge < -0.3 is 5.73 Å². The second-order valence-corrected chi connectivity index (χ2v) is 5.05. The Morgan fingerprint density at radius 3 is 1.71 bits per heavy atom. The van der Waals surface area contributed by atoms with E-state index in [2.05, 4.69) is 6.92 Å². The van der Waals surface area contributed by atoms with E-state index in [9.17, 15) is 0 Å². The van der Waals surface area contributed by atoms with Gasteiger partial charge in [-0.25, -0.2) is 0 Å². The second-order valence-electron chi connectivity index (χ2n) is 5.05. The molecule has 0 spiro atoms. The van der Waals surface area contributed by atoms with Crippen LogP contribution in [0.4, 0.5) is 0 Å². The van der Waals surface area contributed by atoms with Crippen molar-refractivity contribution < 1.29 is 0 Å². The van der Waals surface area contributed by atoms with E-state index in [0.717, 1.165) is 5.92 Å². The fraction of sp³-hybridized carbons (Fsp3) is 1.00.